The molecule has 40 heavy (non-hydrogen) atoms. The van der Waals surface area contributed by atoms with Gasteiger partial charge in [0, 0.05) is 31.6 Å². The number of nitrogens with one attached hydrogen (secondary N) is 1. The van der Waals surface area contributed by atoms with Gasteiger partial charge in [-0.05, 0) is 55.5 Å². The molecule has 1 heterocycles. The molecule has 11 heteroatoms. The number of fused-ring (bicyclic) bond motifs is 1. The number of rotatable bonds is 13. The molecule has 1 saturated carbocycles. The molecule has 0 aromatic heterocycles. The van der Waals surface area contributed by atoms with Gasteiger partial charge < -0.3 is 24.4 Å². The van der Waals surface area contributed by atoms with Gasteiger partial charge in [0.2, 0.25) is 28.6 Å². The number of carbonyl (C=O) groups excluding carboxylic acids is 2. The lowest BCUT2D eigenvalue weighted by atomic mass is 10.1. The van der Waals surface area contributed by atoms with E-state index in [0.29, 0.717) is 29.4 Å². The number of benzene rings is 2. The standard InChI is InChI=1S/C29H39N3O7S/c1-4-25(29(34)30-22-8-5-6-9-22)31(19-21-11-14-24(37-2)15-12-21)28(33)10-7-17-32(40(3,35)36)23-13-16-26-27(18-23)39-20-38-26/h11-16,18,22,25H,4-10,17,19-20H2,1-3H3,(H,30,34)/t25-/m1/s1. The number of hydrogen-bond acceptors (Lipinski definition) is 7. The SMILES string of the molecule is CC[C@H](C(=O)NC1CCCC1)N(Cc1ccc(OC)cc1)C(=O)CCCN(c1ccc2c(c1)OCO2)S(C)(=O)=O. The third-order valence-electron chi connectivity index (χ3n) is 7.40. The average Bonchev–Trinajstić information content (AvgIpc) is 3.62. The lowest BCUT2D eigenvalue weighted by Crippen LogP contribution is -2.51. The Bertz CT molecular complexity index is 1280. The maximum atomic E-state index is 13.7. The van der Waals surface area contributed by atoms with Crippen LogP contribution in [0.5, 0.6) is 17.2 Å². The van der Waals surface area contributed by atoms with E-state index < -0.39 is 16.1 Å². The van der Waals surface area contributed by atoms with Crippen molar-refractivity contribution in [2.24, 2.45) is 0 Å². The van der Waals surface area contributed by atoms with Gasteiger partial charge in [0.05, 0.1) is 19.1 Å². The van der Waals surface area contributed by atoms with E-state index in [1.165, 1.54) is 4.31 Å². The van der Waals surface area contributed by atoms with Gasteiger partial charge >= 0.3 is 0 Å². The number of methoxy groups -OCH3 is 1. The van der Waals surface area contributed by atoms with Gasteiger partial charge in [-0.3, -0.25) is 13.9 Å². The minimum absolute atomic E-state index is 0.0833. The van der Waals surface area contributed by atoms with E-state index in [1.807, 2.05) is 31.2 Å². The summed E-state index contributed by atoms with van der Waals surface area (Å²) in [6.07, 6.45) is 6.06. The highest BCUT2D eigenvalue weighted by Crippen LogP contribution is 2.36. The van der Waals surface area contributed by atoms with Crippen molar-refractivity contribution in [2.45, 2.75) is 70.5 Å². The monoisotopic (exact) mass is 573 g/mol. The predicted octanol–water partition coefficient (Wildman–Crippen LogP) is 3.84. The Hall–Kier alpha value is -3.47. The van der Waals surface area contributed by atoms with Gasteiger partial charge in [0.1, 0.15) is 11.8 Å². The van der Waals surface area contributed by atoms with Crippen LogP contribution in [0.1, 0.15) is 57.4 Å². The molecule has 0 saturated heterocycles. The summed E-state index contributed by atoms with van der Waals surface area (Å²) in [4.78, 5) is 28.6. The van der Waals surface area contributed by atoms with Crippen molar-refractivity contribution in [1.29, 1.82) is 0 Å². The molecule has 1 aliphatic heterocycles. The molecule has 1 aliphatic carbocycles. The lowest BCUT2D eigenvalue weighted by molar-refractivity contribution is -0.141. The number of hydrogen-bond donors (Lipinski definition) is 1. The summed E-state index contributed by atoms with van der Waals surface area (Å²) in [5.41, 5.74) is 1.32. The molecule has 218 valence electrons. The summed E-state index contributed by atoms with van der Waals surface area (Å²) in [6.45, 7) is 2.35. The second-order valence-corrected chi connectivity index (χ2v) is 12.2. The molecule has 1 atom stereocenters. The van der Waals surface area contributed by atoms with Gasteiger partial charge in [-0.2, -0.15) is 0 Å². The fraction of sp³-hybridized carbons (Fsp3) is 0.517. The second kappa shape index (κ2) is 13.3. The Balaban J connectivity index is 1.48. The zero-order valence-corrected chi connectivity index (χ0v) is 24.2. The number of nitrogens with zero attached hydrogens (tertiary/aromatic N) is 2. The third kappa shape index (κ3) is 7.38. The smallest absolute Gasteiger partial charge is 0.243 e. The Morgan fingerprint density at radius 1 is 1.07 bits per heavy atom. The highest BCUT2D eigenvalue weighted by molar-refractivity contribution is 7.92. The van der Waals surface area contributed by atoms with Crippen LogP contribution in [0.25, 0.3) is 0 Å². The van der Waals surface area contributed by atoms with Crippen LogP contribution < -0.4 is 23.8 Å². The van der Waals surface area contributed by atoms with Crippen molar-refractivity contribution in [3.63, 3.8) is 0 Å². The van der Waals surface area contributed by atoms with Crippen LogP contribution in [0.3, 0.4) is 0 Å². The number of sulfonamides is 1. The van der Waals surface area contributed by atoms with E-state index >= 15 is 0 Å². The van der Waals surface area contributed by atoms with Crippen LogP contribution in [-0.4, -0.2) is 63.9 Å². The normalized spacial score (nSPS) is 15.5. The van der Waals surface area contributed by atoms with Crippen LogP contribution in [-0.2, 0) is 26.2 Å². The zero-order chi connectivity index (χ0) is 28.7. The van der Waals surface area contributed by atoms with Crippen LogP contribution in [0, 0.1) is 0 Å². The molecule has 0 radical (unpaired) electrons. The number of amides is 2. The molecule has 2 aliphatic rings. The Morgan fingerprint density at radius 2 is 1.77 bits per heavy atom. The fourth-order valence-corrected chi connectivity index (χ4v) is 6.22. The van der Waals surface area contributed by atoms with Crippen LogP contribution >= 0.6 is 0 Å². The minimum atomic E-state index is -3.62. The summed E-state index contributed by atoms with van der Waals surface area (Å²) in [7, 11) is -2.03. The number of carbonyl (C=O) groups is 2. The largest absolute Gasteiger partial charge is 0.497 e. The molecule has 2 aromatic carbocycles. The van der Waals surface area contributed by atoms with Gasteiger partial charge in [-0.15, -0.1) is 0 Å². The van der Waals surface area contributed by atoms with Crippen molar-refractivity contribution in [2.75, 3.05) is 31.0 Å². The zero-order valence-electron chi connectivity index (χ0n) is 23.4. The van der Waals surface area contributed by atoms with Gasteiger partial charge in [0.15, 0.2) is 11.5 Å². The molecule has 1 fully saturated rings. The maximum Gasteiger partial charge on any atom is 0.243 e. The summed E-state index contributed by atoms with van der Waals surface area (Å²) in [5.74, 6) is 1.39. The van der Waals surface area contributed by atoms with Crippen molar-refractivity contribution in [1.82, 2.24) is 10.2 Å². The molecule has 10 nitrogen and oxygen atoms in total. The Labute approximate surface area is 236 Å². The summed E-state index contributed by atoms with van der Waals surface area (Å²) >= 11 is 0. The van der Waals surface area contributed by atoms with E-state index in [9.17, 15) is 18.0 Å². The number of ether oxygens (including phenoxy) is 3. The second-order valence-electron chi connectivity index (χ2n) is 10.3. The molecule has 2 amide bonds. The molecule has 4 rings (SSSR count). The van der Waals surface area contributed by atoms with Gasteiger partial charge in [-0.25, -0.2) is 8.42 Å². The van der Waals surface area contributed by atoms with Crippen LogP contribution in [0.2, 0.25) is 0 Å². The molecule has 2 aromatic rings. The van der Waals surface area contributed by atoms with Crippen LogP contribution in [0.15, 0.2) is 42.5 Å². The van der Waals surface area contributed by atoms with Gasteiger partial charge in [0.25, 0.3) is 0 Å². The molecular formula is C29H39N3O7S. The Morgan fingerprint density at radius 3 is 2.42 bits per heavy atom. The Kier molecular flexibility index (Phi) is 9.78. The summed E-state index contributed by atoms with van der Waals surface area (Å²) in [5, 5.41) is 3.14. The molecule has 1 N–H and O–H groups in total. The topological polar surface area (TPSA) is 114 Å². The van der Waals surface area contributed by atoms with E-state index in [1.54, 1.807) is 30.2 Å². The van der Waals surface area contributed by atoms with Gasteiger partial charge in [-0.1, -0.05) is 31.9 Å². The quantitative estimate of drug-likeness (QED) is 0.387. The first-order valence-electron chi connectivity index (χ1n) is 13.8. The molecule has 0 spiro atoms. The maximum absolute atomic E-state index is 13.7. The highest BCUT2D eigenvalue weighted by Gasteiger charge is 2.31. The minimum Gasteiger partial charge on any atom is -0.497 e. The fourth-order valence-electron chi connectivity index (χ4n) is 5.26. The molecular weight excluding hydrogens is 534 g/mol. The van der Waals surface area contributed by atoms with Crippen molar-refractivity contribution in [3.8, 4) is 17.2 Å². The first kappa shape index (κ1) is 29.5. The first-order valence-corrected chi connectivity index (χ1v) is 15.6. The van der Waals surface area contributed by atoms with Crippen LogP contribution in [0.4, 0.5) is 5.69 Å². The third-order valence-corrected chi connectivity index (χ3v) is 8.59. The average molecular weight is 574 g/mol. The first-order chi connectivity index (χ1) is 19.2. The highest BCUT2D eigenvalue weighted by atomic mass is 32.2. The molecule has 0 bridgehead atoms. The summed E-state index contributed by atoms with van der Waals surface area (Å²) in [6, 6.07) is 11.9. The van der Waals surface area contributed by atoms with E-state index in [2.05, 4.69) is 5.32 Å². The predicted molar refractivity (Wildman–Crippen MR) is 152 cm³/mol. The van der Waals surface area contributed by atoms with E-state index in [0.717, 1.165) is 37.5 Å². The van der Waals surface area contributed by atoms with Crippen molar-refractivity contribution in [3.05, 3.63) is 48.0 Å². The van der Waals surface area contributed by atoms with E-state index in [-0.39, 0.29) is 50.6 Å². The van der Waals surface area contributed by atoms with Crippen molar-refractivity contribution < 1.29 is 32.2 Å². The molecule has 0 unspecified atom stereocenters. The van der Waals surface area contributed by atoms with Crippen molar-refractivity contribution >= 4 is 27.5 Å². The number of anilines is 1. The lowest BCUT2D eigenvalue weighted by Gasteiger charge is -2.32. The van der Waals surface area contributed by atoms with E-state index in [4.69, 9.17) is 14.2 Å². The summed E-state index contributed by atoms with van der Waals surface area (Å²) < 4.78 is 42.5.